The average Bonchev–Trinajstić information content (AvgIpc) is 2.94. The summed E-state index contributed by atoms with van der Waals surface area (Å²) in [6.45, 7) is 13.0. The molecule has 0 bridgehead atoms. The lowest BCUT2D eigenvalue weighted by atomic mass is 9.93. The van der Waals surface area contributed by atoms with Crippen LogP contribution in [0.15, 0.2) is 23.4 Å². The number of thioether (sulfide) groups is 1. The lowest BCUT2D eigenvalue weighted by Crippen LogP contribution is -2.12. The van der Waals surface area contributed by atoms with Gasteiger partial charge in [-0.25, -0.2) is 0 Å². The van der Waals surface area contributed by atoms with Crippen LogP contribution >= 0.6 is 11.8 Å². The van der Waals surface area contributed by atoms with Crippen LogP contribution in [0.2, 0.25) is 0 Å². The second-order valence-electron chi connectivity index (χ2n) is 7.57. The summed E-state index contributed by atoms with van der Waals surface area (Å²) < 4.78 is 3.77. The molecule has 0 saturated carbocycles. The summed E-state index contributed by atoms with van der Waals surface area (Å²) >= 11 is 1.73. The Bertz CT molecular complexity index is 597. The number of rotatable bonds is 1. The molecule has 22 heavy (non-hydrogen) atoms. The Hall–Kier alpha value is -1.23. The van der Waals surface area contributed by atoms with Crippen molar-refractivity contribution >= 4 is 11.8 Å². The van der Waals surface area contributed by atoms with Gasteiger partial charge >= 0.3 is 0 Å². The van der Waals surface area contributed by atoms with E-state index in [1.165, 1.54) is 5.03 Å². The van der Waals surface area contributed by atoms with E-state index in [-0.39, 0.29) is 10.8 Å². The molecule has 0 aromatic carbocycles. The Morgan fingerprint density at radius 2 is 1.45 bits per heavy atom. The van der Waals surface area contributed by atoms with Gasteiger partial charge in [0.2, 0.25) is 0 Å². The van der Waals surface area contributed by atoms with E-state index in [1.807, 2.05) is 29.7 Å². The number of nitrogens with zero attached hydrogens (tertiary/aromatic N) is 4. The minimum Gasteiger partial charge on any atom is -0.276 e. The zero-order valence-corrected chi connectivity index (χ0v) is 16.2. The molecule has 4 nitrogen and oxygen atoms in total. The number of hydrogen-bond donors (Lipinski definition) is 0. The van der Waals surface area contributed by atoms with Gasteiger partial charge in [0.15, 0.2) is 0 Å². The van der Waals surface area contributed by atoms with Crippen molar-refractivity contribution in [3.05, 3.63) is 29.7 Å². The van der Waals surface area contributed by atoms with E-state index in [0.717, 1.165) is 11.4 Å². The monoisotopic (exact) mass is 322 g/mol. The van der Waals surface area contributed by atoms with Crippen LogP contribution in [0, 0.1) is 0 Å². The molecule has 0 spiro atoms. The molecule has 5 heteroatoms. The third-order valence-electron chi connectivity index (χ3n) is 3.30. The Balaban J connectivity index is 0.000000224. The third-order valence-corrected chi connectivity index (χ3v) is 4.10. The topological polar surface area (TPSA) is 35.6 Å². The van der Waals surface area contributed by atoms with Crippen molar-refractivity contribution in [2.24, 2.45) is 14.1 Å². The maximum absolute atomic E-state index is 4.45. The highest BCUT2D eigenvalue weighted by atomic mass is 32.2. The molecule has 0 atom stereocenters. The first kappa shape index (κ1) is 18.8. The van der Waals surface area contributed by atoms with E-state index < -0.39 is 0 Å². The normalized spacial score (nSPS) is 12.0. The van der Waals surface area contributed by atoms with Gasteiger partial charge in [-0.3, -0.25) is 9.36 Å². The summed E-state index contributed by atoms with van der Waals surface area (Å²) in [5.41, 5.74) is 2.65. The average molecular weight is 323 g/mol. The predicted octanol–water partition coefficient (Wildman–Crippen LogP) is 4.16. The fraction of sp³-hybridized carbons (Fsp3) is 0.647. The largest absolute Gasteiger partial charge is 0.276 e. The van der Waals surface area contributed by atoms with Gasteiger partial charge in [0.05, 0.1) is 16.4 Å². The lowest BCUT2D eigenvalue weighted by Gasteiger charge is -2.13. The van der Waals surface area contributed by atoms with Crippen LogP contribution in [-0.4, -0.2) is 25.8 Å². The van der Waals surface area contributed by atoms with Crippen LogP contribution < -0.4 is 0 Å². The van der Waals surface area contributed by atoms with E-state index in [1.54, 1.807) is 11.8 Å². The van der Waals surface area contributed by atoms with E-state index in [2.05, 4.69) is 70.1 Å². The summed E-state index contributed by atoms with van der Waals surface area (Å²) in [4.78, 5) is 0. The zero-order valence-electron chi connectivity index (χ0n) is 15.4. The molecule has 0 amide bonds. The van der Waals surface area contributed by atoms with Crippen LogP contribution in [0.25, 0.3) is 0 Å². The summed E-state index contributed by atoms with van der Waals surface area (Å²) in [5.74, 6) is 0. The van der Waals surface area contributed by atoms with Crippen LogP contribution in [0.5, 0.6) is 0 Å². The van der Waals surface area contributed by atoms with E-state index >= 15 is 0 Å². The Kier molecular flexibility index (Phi) is 5.90. The van der Waals surface area contributed by atoms with Crippen LogP contribution in [0.3, 0.4) is 0 Å². The van der Waals surface area contributed by atoms with Crippen molar-refractivity contribution < 1.29 is 0 Å². The zero-order chi connectivity index (χ0) is 17.1. The highest BCUT2D eigenvalue weighted by molar-refractivity contribution is 7.98. The molecule has 0 unspecified atom stereocenters. The maximum Gasteiger partial charge on any atom is 0.0936 e. The maximum atomic E-state index is 4.45. The van der Waals surface area contributed by atoms with E-state index in [9.17, 15) is 0 Å². The summed E-state index contributed by atoms with van der Waals surface area (Å²) in [5, 5.41) is 9.97. The number of aryl methyl sites for hydroxylation is 2. The molecule has 0 N–H and O–H groups in total. The van der Waals surface area contributed by atoms with E-state index in [4.69, 9.17) is 0 Å². The second-order valence-corrected chi connectivity index (χ2v) is 8.40. The first-order valence-electron chi connectivity index (χ1n) is 7.54. The van der Waals surface area contributed by atoms with Crippen molar-refractivity contribution in [2.45, 2.75) is 57.4 Å². The minimum absolute atomic E-state index is 0.158. The highest BCUT2D eigenvalue weighted by Crippen LogP contribution is 2.24. The molecule has 0 aliphatic carbocycles. The first-order valence-corrected chi connectivity index (χ1v) is 8.76. The molecule has 0 aliphatic rings. The Morgan fingerprint density at radius 3 is 1.68 bits per heavy atom. The molecular formula is C17H30N4S. The van der Waals surface area contributed by atoms with Gasteiger partial charge in [0, 0.05) is 31.1 Å². The van der Waals surface area contributed by atoms with Crippen molar-refractivity contribution in [3.63, 3.8) is 0 Å². The molecule has 124 valence electrons. The van der Waals surface area contributed by atoms with Crippen molar-refractivity contribution in [1.29, 1.82) is 0 Å². The fourth-order valence-corrected chi connectivity index (χ4v) is 2.36. The molecule has 2 aromatic rings. The molecule has 0 fully saturated rings. The first-order chi connectivity index (χ1) is 9.95. The van der Waals surface area contributed by atoms with Crippen molar-refractivity contribution in [3.8, 4) is 0 Å². The molecule has 0 saturated heterocycles. The number of hydrogen-bond acceptors (Lipinski definition) is 3. The third kappa shape index (κ3) is 5.20. The molecular weight excluding hydrogens is 292 g/mol. The minimum atomic E-state index is 0.158. The lowest BCUT2D eigenvalue weighted by molar-refractivity contribution is 0.550. The van der Waals surface area contributed by atoms with Gasteiger partial charge in [0.1, 0.15) is 0 Å². The van der Waals surface area contributed by atoms with Gasteiger partial charge < -0.3 is 0 Å². The molecule has 2 rings (SSSR count). The predicted molar refractivity (Wildman–Crippen MR) is 95.6 cm³/mol. The Morgan fingerprint density at radius 1 is 0.909 bits per heavy atom. The summed E-state index contributed by atoms with van der Waals surface area (Å²) in [7, 11) is 3.93. The summed E-state index contributed by atoms with van der Waals surface area (Å²) in [6.07, 6.45) is 4.05. The van der Waals surface area contributed by atoms with Gasteiger partial charge in [0.25, 0.3) is 0 Å². The smallest absolute Gasteiger partial charge is 0.0936 e. The standard InChI is InChI=1S/C9H16N2S.C8H14N2/c1-9(2,3)7-6-8(12-5)11(4)10-7;1-8(2,3)7-5-6-10(4)9-7/h6H,1-5H3;5-6H,1-4H3. The quantitative estimate of drug-likeness (QED) is 0.740. The van der Waals surface area contributed by atoms with Crippen molar-refractivity contribution in [1.82, 2.24) is 19.6 Å². The van der Waals surface area contributed by atoms with Gasteiger partial charge in [-0.2, -0.15) is 10.2 Å². The SMILES string of the molecule is CSc1cc(C(C)(C)C)nn1C.Cn1ccc(C(C)(C)C)n1. The van der Waals surface area contributed by atoms with Gasteiger partial charge in [-0.1, -0.05) is 41.5 Å². The van der Waals surface area contributed by atoms with Crippen LogP contribution in [0.1, 0.15) is 52.9 Å². The molecule has 0 aliphatic heterocycles. The molecule has 2 aromatic heterocycles. The van der Waals surface area contributed by atoms with E-state index in [0.29, 0.717) is 0 Å². The second kappa shape index (κ2) is 6.90. The van der Waals surface area contributed by atoms with Crippen LogP contribution in [0.4, 0.5) is 0 Å². The summed E-state index contributed by atoms with van der Waals surface area (Å²) in [6, 6.07) is 4.21. The van der Waals surface area contributed by atoms with Gasteiger partial charge in [-0.15, -0.1) is 11.8 Å². The highest BCUT2D eigenvalue weighted by Gasteiger charge is 2.18. The van der Waals surface area contributed by atoms with Gasteiger partial charge in [-0.05, 0) is 18.4 Å². The molecule has 0 radical (unpaired) electrons. The molecule has 2 heterocycles. The van der Waals surface area contributed by atoms with Crippen LogP contribution in [-0.2, 0) is 24.9 Å². The number of aromatic nitrogens is 4. The fourth-order valence-electron chi connectivity index (χ4n) is 1.82. The Labute approximate surface area is 139 Å². The van der Waals surface area contributed by atoms with Crippen molar-refractivity contribution in [2.75, 3.05) is 6.26 Å².